The van der Waals surface area contributed by atoms with Crippen LogP contribution in [0.3, 0.4) is 0 Å². The monoisotopic (exact) mass is 439 g/mol. The Bertz CT molecular complexity index is 1040. The Morgan fingerprint density at radius 1 is 1.07 bits per heavy atom. The molecule has 29 heavy (non-hydrogen) atoms. The van der Waals surface area contributed by atoms with Crippen LogP contribution in [0.4, 0.5) is 19.0 Å². The van der Waals surface area contributed by atoms with Gasteiger partial charge in [-0.05, 0) is 49.1 Å². The maximum absolute atomic E-state index is 13.7. The third-order valence-electron chi connectivity index (χ3n) is 5.02. The number of alkyl halides is 3. The Morgan fingerprint density at radius 3 is 2.62 bits per heavy atom. The van der Waals surface area contributed by atoms with Crippen molar-refractivity contribution in [3.63, 3.8) is 0 Å². The summed E-state index contributed by atoms with van der Waals surface area (Å²) in [5, 5.41) is 8.51. The van der Waals surface area contributed by atoms with E-state index in [1.807, 2.05) is 18.2 Å². The third-order valence-corrected chi connectivity index (χ3v) is 5.62. The van der Waals surface area contributed by atoms with Gasteiger partial charge in [0.25, 0.3) is 0 Å². The van der Waals surface area contributed by atoms with Crippen LogP contribution < -0.4 is 5.32 Å². The largest absolute Gasteiger partial charge is 0.418 e. The van der Waals surface area contributed by atoms with Crippen molar-refractivity contribution in [2.75, 3.05) is 11.9 Å². The normalized spacial score (nSPS) is 14.2. The minimum atomic E-state index is -4.55. The van der Waals surface area contributed by atoms with Crippen LogP contribution in [0.25, 0.3) is 5.69 Å². The van der Waals surface area contributed by atoms with Gasteiger partial charge in [-0.15, -0.1) is 0 Å². The van der Waals surface area contributed by atoms with E-state index in [1.54, 1.807) is 6.07 Å². The fourth-order valence-corrected chi connectivity index (χ4v) is 4.01. The number of nitrogens with one attached hydrogen (secondary N) is 1. The van der Waals surface area contributed by atoms with Gasteiger partial charge in [-0.2, -0.15) is 18.3 Å². The summed E-state index contributed by atoms with van der Waals surface area (Å²) in [7, 11) is 0. The average molecular weight is 440 g/mol. The molecule has 152 valence electrons. The molecule has 0 atom stereocenters. The molecule has 8 heteroatoms. The lowest BCUT2D eigenvalue weighted by Gasteiger charge is -2.16. The topological polar surface area (TPSA) is 29.9 Å². The number of hydrogen-bond donors (Lipinski definition) is 1. The Balaban J connectivity index is 1.88. The molecule has 1 aromatic heterocycles. The van der Waals surface area contributed by atoms with Crippen molar-refractivity contribution in [2.24, 2.45) is 0 Å². The summed E-state index contributed by atoms with van der Waals surface area (Å²) in [5.41, 5.74) is 1.69. The van der Waals surface area contributed by atoms with E-state index in [0.717, 1.165) is 42.1 Å². The van der Waals surface area contributed by atoms with E-state index in [1.165, 1.54) is 16.8 Å². The Kier molecular flexibility index (Phi) is 5.49. The molecule has 4 rings (SSSR count). The molecule has 0 spiro atoms. The van der Waals surface area contributed by atoms with E-state index >= 15 is 0 Å². The van der Waals surface area contributed by atoms with E-state index in [9.17, 15) is 13.2 Å². The second kappa shape index (κ2) is 7.92. The molecule has 3 aromatic rings. The molecule has 2 aromatic carbocycles. The van der Waals surface area contributed by atoms with Gasteiger partial charge in [-0.1, -0.05) is 41.4 Å². The summed E-state index contributed by atoms with van der Waals surface area (Å²) in [5.74, 6) is 0.609. The van der Waals surface area contributed by atoms with Gasteiger partial charge in [-0.25, -0.2) is 4.68 Å². The molecule has 0 radical (unpaired) electrons. The maximum atomic E-state index is 13.7. The Morgan fingerprint density at radius 2 is 1.86 bits per heavy atom. The smallest absolute Gasteiger partial charge is 0.370 e. The van der Waals surface area contributed by atoms with Gasteiger partial charge in [0.05, 0.1) is 16.9 Å². The van der Waals surface area contributed by atoms with Crippen LogP contribution in [0.1, 0.15) is 35.2 Å². The molecule has 2 heterocycles. The van der Waals surface area contributed by atoms with Crippen molar-refractivity contribution in [3.8, 4) is 5.69 Å². The van der Waals surface area contributed by atoms with Gasteiger partial charge < -0.3 is 5.32 Å². The summed E-state index contributed by atoms with van der Waals surface area (Å²) in [6.45, 7) is 0.680. The molecule has 0 amide bonds. The van der Waals surface area contributed by atoms with Crippen LogP contribution in [-0.4, -0.2) is 16.3 Å². The first-order chi connectivity index (χ1) is 13.8. The number of benzene rings is 2. The Labute approximate surface area is 176 Å². The van der Waals surface area contributed by atoms with Crippen molar-refractivity contribution in [3.05, 3.63) is 74.9 Å². The zero-order chi connectivity index (χ0) is 20.6. The van der Waals surface area contributed by atoms with E-state index in [-0.39, 0.29) is 10.7 Å². The molecule has 0 unspecified atom stereocenters. The lowest BCUT2D eigenvalue weighted by atomic mass is 10.0. The van der Waals surface area contributed by atoms with Crippen LogP contribution >= 0.6 is 23.2 Å². The second-order valence-electron chi connectivity index (χ2n) is 7.00. The predicted molar refractivity (Wildman–Crippen MR) is 109 cm³/mol. The molecule has 0 saturated carbocycles. The summed E-state index contributed by atoms with van der Waals surface area (Å²) in [4.78, 5) is 0. The average Bonchev–Trinajstić information content (AvgIpc) is 2.84. The lowest BCUT2D eigenvalue weighted by Crippen LogP contribution is -2.14. The van der Waals surface area contributed by atoms with Gasteiger partial charge in [0.2, 0.25) is 0 Å². The number of halogens is 5. The van der Waals surface area contributed by atoms with Crippen LogP contribution in [0.5, 0.6) is 0 Å². The molecule has 0 bridgehead atoms. The molecule has 1 aliphatic rings. The third kappa shape index (κ3) is 4.09. The number of fused-ring (bicyclic) bond motifs is 1. The zero-order valence-corrected chi connectivity index (χ0v) is 16.9. The van der Waals surface area contributed by atoms with Crippen molar-refractivity contribution in [1.29, 1.82) is 0 Å². The predicted octanol–water partition coefficient (Wildman–Crippen LogP) is 6.54. The number of hydrogen-bond acceptors (Lipinski definition) is 2. The number of anilines is 1. The number of nitrogens with zero attached hydrogens (tertiary/aromatic N) is 2. The molecule has 0 aliphatic carbocycles. The highest BCUT2D eigenvalue weighted by Crippen LogP contribution is 2.38. The first-order valence-corrected chi connectivity index (χ1v) is 10.1. The van der Waals surface area contributed by atoms with E-state index in [2.05, 4.69) is 10.4 Å². The van der Waals surface area contributed by atoms with Gasteiger partial charge in [0, 0.05) is 28.6 Å². The molecular formula is C21H18Cl2F3N3. The van der Waals surface area contributed by atoms with Gasteiger partial charge >= 0.3 is 6.18 Å². The first kappa shape index (κ1) is 20.1. The zero-order valence-electron chi connectivity index (χ0n) is 15.4. The second-order valence-corrected chi connectivity index (χ2v) is 7.84. The highest BCUT2D eigenvalue weighted by atomic mass is 35.5. The number of rotatable bonds is 3. The molecule has 1 aliphatic heterocycles. The van der Waals surface area contributed by atoms with Crippen molar-refractivity contribution >= 4 is 29.0 Å². The highest BCUT2D eigenvalue weighted by molar-refractivity contribution is 6.31. The fourth-order valence-electron chi connectivity index (χ4n) is 3.63. The summed E-state index contributed by atoms with van der Waals surface area (Å²) < 4.78 is 42.5. The first-order valence-electron chi connectivity index (χ1n) is 9.30. The summed E-state index contributed by atoms with van der Waals surface area (Å²) >= 11 is 12.2. The molecular weight excluding hydrogens is 422 g/mol. The lowest BCUT2D eigenvalue weighted by molar-refractivity contribution is -0.137. The fraction of sp³-hybridized carbons (Fsp3) is 0.286. The van der Waals surface area contributed by atoms with Gasteiger partial charge in [0.1, 0.15) is 5.82 Å². The standard InChI is InChI=1S/C21H18Cl2F3N3/c22-14-8-9-19(16(12-14)21(24,25)26)29-20-15(6-3-4-10-27-20)18(28-29)11-13-5-1-2-7-17(13)23/h1-2,5,7-9,12,27H,3-4,6,10-11H2. The maximum Gasteiger partial charge on any atom is 0.418 e. The molecule has 0 fully saturated rings. The van der Waals surface area contributed by atoms with E-state index in [0.29, 0.717) is 23.8 Å². The van der Waals surface area contributed by atoms with Crippen LogP contribution in [0, 0.1) is 0 Å². The summed E-state index contributed by atoms with van der Waals surface area (Å²) in [6, 6.07) is 11.2. The van der Waals surface area contributed by atoms with E-state index < -0.39 is 11.7 Å². The van der Waals surface area contributed by atoms with Gasteiger partial charge in [-0.3, -0.25) is 0 Å². The van der Waals surface area contributed by atoms with E-state index in [4.69, 9.17) is 23.2 Å². The quantitative estimate of drug-likeness (QED) is 0.502. The molecule has 1 N–H and O–H groups in total. The van der Waals surface area contributed by atoms with Crippen molar-refractivity contribution in [1.82, 2.24) is 9.78 Å². The number of aromatic nitrogens is 2. The highest BCUT2D eigenvalue weighted by Gasteiger charge is 2.35. The molecule has 3 nitrogen and oxygen atoms in total. The van der Waals surface area contributed by atoms with Crippen LogP contribution in [0.15, 0.2) is 42.5 Å². The SMILES string of the molecule is FC(F)(F)c1cc(Cl)ccc1-n1nc(Cc2ccccc2Cl)c2c1NCCCC2. The van der Waals surface area contributed by atoms with Gasteiger partial charge in [0.15, 0.2) is 0 Å². The molecule has 0 saturated heterocycles. The minimum Gasteiger partial charge on any atom is -0.370 e. The summed E-state index contributed by atoms with van der Waals surface area (Å²) in [6.07, 6.45) is -1.48. The minimum absolute atomic E-state index is 0.0311. The van der Waals surface area contributed by atoms with Crippen molar-refractivity contribution < 1.29 is 13.2 Å². The Hall–Kier alpha value is -2.18. The van der Waals surface area contributed by atoms with Crippen LogP contribution in [-0.2, 0) is 19.0 Å². The van der Waals surface area contributed by atoms with Crippen LogP contribution in [0.2, 0.25) is 10.0 Å². The van der Waals surface area contributed by atoms with Crippen molar-refractivity contribution in [2.45, 2.75) is 31.9 Å².